The molecule has 0 N–H and O–H groups in total. The molecule has 5 heteroatoms. The molecule has 2 aliphatic rings. The third-order valence-corrected chi connectivity index (χ3v) is 5.69. The van der Waals surface area contributed by atoms with Gasteiger partial charge in [-0.05, 0) is 31.2 Å². The second-order valence-corrected chi connectivity index (χ2v) is 7.69. The highest BCUT2D eigenvalue weighted by Crippen LogP contribution is 2.39. The molecule has 3 aromatic rings. The minimum Gasteiger partial charge on any atom is -0.484 e. The molecule has 1 spiro atoms. The van der Waals surface area contributed by atoms with Crippen LogP contribution in [0.15, 0.2) is 54.6 Å². The Kier molecular flexibility index (Phi) is 3.72. The molecule has 1 aromatic heterocycles. The smallest absolute Gasteiger partial charge is 0.256 e. The van der Waals surface area contributed by atoms with Crippen LogP contribution in [0.4, 0.5) is 0 Å². The first-order chi connectivity index (χ1) is 13.5. The number of carbonyl (C=O) groups excluding carboxylic acids is 2. The normalized spacial score (nSPS) is 21.0. The molecule has 140 valence electrons. The zero-order valence-electron chi connectivity index (χ0n) is 15.6. The maximum absolute atomic E-state index is 13.3. The first kappa shape index (κ1) is 16.9. The monoisotopic (exact) mass is 372 g/mol. The summed E-state index contributed by atoms with van der Waals surface area (Å²) in [7, 11) is 0. The van der Waals surface area contributed by atoms with Crippen LogP contribution in [0.1, 0.15) is 39.3 Å². The van der Waals surface area contributed by atoms with Gasteiger partial charge in [-0.25, -0.2) is 0 Å². The van der Waals surface area contributed by atoms with Crippen molar-refractivity contribution in [3.8, 4) is 5.75 Å². The number of Topliss-reactive ketones (excluding diaryl/α,β-unsaturated/α-hetero) is 1. The van der Waals surface area contributed by atoms with E-state index in [2.05, 4.69) is 4.98 Å². The van der Waals surface area contributed by atoms with Gasteiger partial charge in [0, 0.05) is 24.0 Å². The first-order valence-corrected chi connectivity index (χ1v) is 9.52. The number of ether oxygens (including phenoxy) is 1. The topological polar surface area (TPSA) is 59.5 Å². The van der Waals surface area contributed by atoms with Crippen LogP contribution in [0.25, 0.3) is 10.9 Å². The minimum absolute atomic E-state index is 0.0597. The summed E-state index contributed by atoms with van der Waals surface area (Å²) in [5, 5.41) is 0.948. The van der Waals surface area contributed by atoms with Gasteiger partial charge in [0.25, 0.3) is 5.91 Å². The van der Waals surface area contributed by atoms with E-state index in [4.69, 9.17) is 4.74 Å². The summed E-state index contributed by atoms with van der Waals surface area (Å²) in [6.07, 6.45) is 0.955. The number of carbonyl (C=O) groups is 2. The van der Waals surface area contributed by atoms with Gasteiger partial charge in [0.1, 0.15) is 11.4 Å². The number of aromatic nitrogens is 1. The van der Waals surface area contributed by atoms with Crippen LogP contribution >= 0.6 is 0 Å². The standard InChI is InChI=1S/C23H20N2O3/c1-15-9-10-16-5-4-7-18(21(16)24-15)22(27)25-12-11-23(14-25)13-19(26)17-6-2-3-8-20(17)28-23/h2-10H,11-14H2,1H3. The van der Waals surface area contributed by atoms with Gasteiger partial charge in [0.05, 0.1) is 29.6 Å². The number of amides is 1. The van der Waals surface area contributed by atoms with E-state index >= 15 is 0 Å². The molecule has 1 amide bonds. The maximum Gasteiger partial charge on any atom is 0.256 e. The Morgan fingerprint density at radius 1 is 1.11 bits per heavy atom. The van der Waals surface area contributed by atoms with Crippen LogP contribution in [0.5, 0.6) is 5.75 Å². The van der Waals surface area contributed by atoms with Crippen molar-refractivity contribution in [2.24, 2.45) is 0 Å². The molecule has 3 heterocycles. The number of fused-ring (bicyclic) bond motifs is 2. The molecular formula is C23H20N2O3. The van der Waals surface area contributed by atoms with Crippen LogP contribution in [-0.4, -0.2) is 40.3 Å². The summed E-state index contributed by atoms with van der Waals surface area (Å²) in [6, 6.07) is 16.9. The Labute approximate surface area is 162 Å². The maximum atomic E-state index is 13.3. The highest BCUT2D eigenvalue weighted by Gasteiger charge is 2.47. The van der Waals surface area contributed by atoms with E-state index in [1.165, 1.54) is 0 Å². The molecule has 2 aliphatic heterocycles. The summed E-state index contributed by atoms with van der Waals surface area (Å²) in [5.74, 6) is 0.643. The predicted octanol–water partition coefficient (Wildman–Crippen LogP) is 3.79. The number of aryl methyl sites for hydroxylation is 1. The van der Waals surface area contributed by atoms with E-state index in [-0.39, 0.29) is 11.7 Å². The molecule has 1 atom stereocenters. The van der Waals surface area contributed by atoms with Crippen molar-refractivity contribution in [1.29, 1.82) is 0 Å². The third-order valence-electron chi connectivity index (χ3n) is 5.69. The van der Waals surface area contributed by atoms with Crippen molar-refractivity contribution in [2.45, 2.75) is 25.4 Å². The molecule has 0 saturated carbocycles. The van der Waals surface area contributed by atoms with Crippen LogP contribution in [0, 0.1) is 6.92 Å². The minimum atomic E-state index is -0.630. The molecule has 0 aliphatic carbocycles. The fraction of sp³-hybridized carbons (Fsp3) is 0.261. The molecule has 1 fully saturated rings. The van der Waals surface area contributed by atoms with E-state index in [9.17, 15) is 9.59 Å². The van der Waals surface area contributed by atoms with Gasteiger partial charge in [0.2, 0.25) is 0 Å². The van der Waals surface area contributed by atoms with Gasteiger partial charge in [-0.1, -0.05) is 30.3 Å². The number of nitrogens with zero attached hydrogens (tertiary/aromatic N) is 2. The number of hydrogen-bond donors (Lipinski definition) is 0. The predicted molar refractivity (Wildman–Crippen MR) is 106 cm³/mol. The van der Waals surface area contributed by atoms with Crippen LogP contribution < -0.4 is 4.74 Å². The molecule has 1 saturated heterocycles. The molecule has 28 heavy (non-hydrogen) atoms. The number of para-hydroxylation sites is 2. The Morgan fingerprint density at radius 2 is 1.96 bits per heavy atom. The lowest BCUT2D eigenvalue weighted by atomic mass is 9.89. The van der Waals surface area contributed by atoms with Crippen LogP contribution in [-0.2, 0) is 0 Å². The Bertz CT molecular complexity index is 1120. The Morgan fingerprint density at radius 3 is 2.86 bits per heavy atom. The van der Waals surface area contributed by atoms with Gasteiger partial charge in [-0.15, -0.1) is 0 Å². The summed E-state index contributed by atoms with van der Waals surface area (Å²) < 4.78 is 6.24. The Hall–Kier alpha value is -3.21. The fourth-order valence-corrected chi connectivity index (χ4v) is 4.28. The van der Waals surface area contributed by atoms with Gasteiger partial charge in [0.15, 0.2) is 5.78 Å². The van der Waals surface area contributed by atoms with Crippen molar-refractivity contribution in [3.05, 3.63) is 71.4 Å². The summed E-state index contributed by atoms with van der Waals surface area (Å²) in [6.45, 7) is 2.90. The largest absolute Gasteiger partial charge is 0.484 e. The SMILES string of the molecule is Cc1ccc2cccc(C(=O)N3CCC4(CC(=O)c5ccccc5O4)C3)c2n1. The Balaban J connectivity index is 1.45. The van der Waals surface area contributed by atoms with E-state index in [1.54, 1.807) is 11.0 Å². The van der Waals surface area contributed by atoms with Crippen molar-refractivity contribution in [2.75, 3.05) is 13.1 Å². The quantitative estimate of drug-likeness (QED) is 0.652. The lowest BCUT2D eigenvalue weighted by molar-refractivity contribution is 0.0429. The van der Waals surface area contributed by atoms with E-state index in [0.717, 1.165) is 16.6 Å². The van der Waals surface area contributed by atoms with Crippen molar-refractivity contribution in [3.63, 3.8) is 0 Å². The third kappa shape index (κ3) is 2.66. The molecule has 2 aromatic carbocycles. The van der Waals surface area contributed by atoms with Gasteiger partial charge in [-0.3, -0.25) is 14.6 Å². The fourth-order valence-electron chi connectivity index (χ4n) is 4.28. The second-order valence-electron chi connectivity index (χ2n) is 7.69. The van der Waals surface area contributed by atoms with Crippen molar-refractivity contribution in [1.82, 2.24) is 9.88 Å². The number of rotatable bonds is 1. The van der Waals surface area contributed by atoms with E-state index in [0.29, 0.717) is 42.8 Å². The summed E-state index contributed by atoms with van der Waals surface area (Å²) in [4.78, 5) is 32.3. The number of hydrogen-bond acceptors (Lipinski definition) is 4. The van der Waals surface area contributed by atoms with Gasteiger partial charge < -0.3 is 9.64 Å². The number of pyridine rings is 1. The zero-order valence-corrected chi connectivity index (χ0v) is 15.6. The average molecular weight is 372 g/mol. The molecule has 0 bridgehead atoms. The summed E-state index contributed by atoms with van der Waals surface area (Å²) >= 11 is 0. The highest BCUT2D eigenvalue weighted by atomic mass is 16.5. The second kappa shape index (κ2) is 6.16. The van der Waals surface area contributed by atoms with Crippen molar-refractivity contribution >= 4 is 22.6 Å². The van der Waals surface area contributed by atoms with E-state index in [1.807, 2.05) is 55.5 Å². The highest BCUT2D eigenvalue weighted by molar-refractivity contribution is 6.06. The average Bonchev–Trinajstić information content (AvgIpc) is 3.10. The van der Waals surface area contributed by atoms with Gasteiger partial charge >= 0.3 is 0 Å². The number of likely N-dealkylation sites (tertiary alicyclic amines) is 1. The molecular weight excluding hydrogens is 352 g/mol. The lowest BCUT2D eigenvalue weighted by Crippen LogP contribution is -2.45. The first-order valence-electron chi connectivity index (χ1n) is 9.52. The number of ketones is 1. The van der Waals surface area contributed by atoms with Crippen LogP contribution in [0.2, 0.25) is 0 Å². The molecule has 0 radical (unpaired) electrons. The number of benzene rings is 2. The van der Waals surface area contributed by atoms with Crippen LogP contribution in [0.3, 0.4) is 0 Å². The molecule has 5 nitrogen and oxygen atoms in total. The van der Waals surface area contributed by atoms with Crippen molar-refractivity contribution < 1.29 is 14.3 Å². The summed E-state index contributed by atoms with van der Waals surface area (Å²) in [5.41, 5.74) is 2.20. The zero-order chi connectivity index (χ0) is 19.3. The lowest BCUT2D eigenvalue weighted by Gasteiger charge is -2.34. The molecule has 5 rings (SSSR count). The van der Waals surface area contributed by atoms with Gasteiger partial charge in [-0.2, -0.15) is 0 Å². The molecule has 1 unspecified atom stereocenters. The van der Waals surface area contributed by atoms with E-state index < -0.39 is 5.60 Å².